The summed E-state index contributed by atoms with van der Waals surface area (Å²) in [5.74, 6) is -1.01. The Labute approximate surface area is 112 Å². The first-order valence-corrected chi connectivity index (χ1v) is 5.80. The second-order valence-electron chi connectivity index (χ2n) is 4.14. The topological polar surface area (TPSA) is 98.2 Å². The zero-order chi connectivity index (χ0) is 14.1. The van der Waals surface area contributed by atoms with Gasteiger partial charge in [0.1, 0.15) is 17.8 Å². The smallest absolute Gasteiger partial charge is 0.371 e. The van der Waals surface area contributed by atoms with E-state index in [4.69, 9.17) is 9.52 Å². The number of aromatic carboxylic acids is 1. The molecule has 100 valence electrons. The van der Waals surface area contributed by atoms with Crippen molar-refractivity contribution in [3.63, 3.8) is 0 Å². The number of aromatic nitrogens is 3. The third-order valence-electron chi connectivity index (χ3n) is 2.81. The maximum Gasteiger partial charge on any atom is 0.371 e. The summed E-state index contributed by atoms with van der Waals surface area (Å²) in [6.45, 7) is 0.0317. The van der Waals surface area contributed by atoms with Crippen LogP contribution in [-0.2, 0) is 6.54 Å². The molecule has 0 bridgehead atoms. The van der Waals surface area contributed by atoms with E-state index in [-0.39, 0.29) is 17.9 Å². The molecule has 1 N–H and O–H groups in total. The Kier molecular flexibility index (Phi) is 2.79. The molecular formula is C13H9N3O4. The number of fused-ring (bicyclic) bond motifs is 1. The standard InChI is InChI=1S/C13H9N3O4/c17-12-9-3-1-2-4-10(9)14-15-16(12)7-8-5-6-11(20-8)13(18)19/h1-6H,7H2,(H,18,19). The highest BCUT2D eigenvalue weighted by molar-refractivity contribution is 5.84. The molecule has 3 aromatic rings. The summed E-state index contributed by atoms with van der Waals surface area (Å²) < 4.78 is 6.22. The summed E-state index contributed by atoms with van der Waals surface area (Å²) in [4.78, 5) is 22.9. The van der Waals surface area contributed by atoms with Crippen LogP contribution < -0.4 is 5.56 Å². The lowest BCUT2D eigenvalue weighted by atomic mass is 10.2. The molecule has 1 aromatic carbocycles. The summed E-state index contributed by atoms with van der Waals surface area (Å²) in [7, 11) is 0. The largest absolute Gasteiger partial charge is 0.475 e. The van der Waals surface area contributed by atoms with Crippen LogP contribution in [0.1, 0.15) is 16.3 Å². The fraction of sp³-hybridized carbons (Fsp3) is 0.0769. The zero-order valence-corrected chi connectivity index (χ0v) is 10.2. The number of carbonyl (C=O) groups is 1. The number of benzene rings is 1. The van der Waals surface area contributed by atoms with Gasteiger partial charge in [0.05, 0.1) is 5.39 Å². The number of carboxylic acids is 1. The van der Waals surface area contributed by atoms with Gasteiger partial charge in [-0.1, -0.05) is 17.3 Å². The summed E-state index contributed by atoms with van der Waals surface area (Å²) in [5.41, 5.74) is 0.211. The Morgan fingerprint density at radius 3 is 2.80 bits per heavy atom. The van der Waals surface area contributed by atoms with Crippen LogP contribution in [0.25, 0.3) is 10.9 Å². The van der Waals surface area contributed by atoms with Gasteiger partial charge in [-0.3, -0.25) is 4.79 Å². The molecule has 20 heavy (non-hydrogen) atoms. The number of nitrogens with zero attached hydrogens (tertiary/aromatic N) is 3. The van der Waals surface area contributed by atoms with Gasteiger partial charge in [0.2, 0.25) is 5.76 Å². The fourth-order valence-electron chi connectivity index (χ4n) is 1.85. The van der Waals surface area contributed by atoms with Crippen LogP contribution in [0, 0.1) is 0 Å². The van der Waals surface area contributed by atoms with Crippen LogP contribution in [0.15, 0.2) is 45.6 Å². The van der Waals surface area contributed by atoms with E-state index in [1.54, 1.807) is 24.3 Å². The van der Waals surface area contributed by atoms with Gasteiger partial charge in [-0.2, -0.15) is 0 Å². The number of hydrogen-bond donors (Lipinski definition) is 1. The Morgan fingerprint density at radius 2 is 2.05 bits per heavy atom. The van der Waals surface area contributed by atoms with Crippen LogP contribution in [0.3, 0.4) is 0 Å². The molecule has 0 aliphatic rings. The Morgan fingerprint density at radius 1 is 1.25 bits per heavy atom. The van der Waals surface area contributed by atoms with Crippen molar-refractivity contribution < 1.29 is 14.3 Å². The quantitative estimate of drug-likeness (QED) is 0.766. The monoisotopic (exact) mass is 271 g/mol. The predicted molar refractivity (Wildman–Crippen MR) is 68.6 cm³/mol. The van der Waals surface area contributed by atoms with Gasteiger partial charge in [0, 0.05) is 0 Å². The molecule has 0 spiro atoms. The van der Waals surface area contributed by atoms with E-state index in [2.05, 4.69) is 10.3 Å². The fourth-order valence-corrected chi connectivity index (χ4v) is 1.85. The molecule has 0 saturated heterocycles. The molecular weight excluding hydrogens is 262 g/mol. The molecule has 0 saturated carbocycles. The van der Waals surface area contributed by atoms with Crippen molar-refractivity contribution in [1.29, 1.82) is 0 Å². The minimum absolute atomic E-state index is 0.0317. The Balaban J connectivity index is 2.00. The lowest BCUT2D eigenvalue weighted by Gasteiger charge is -2.02. The lowest BCUT2D eigenvalue weighted by molar-refractivity contribution is 0.0660. The normalized spacial score (nSPS) is 10.8. The third kappa shape index (κ3) is 2.05. The molecule has 0 amide bonds. The second-order valence-corrected chi connectivity index (χ2v) is 4.14. The highest BCUT2D eigenvalue weighted by Crippen LogP contribution is 2.09. The third-order valence-corrected chi connectivity index (χ3v) is 2.81. The lowest BCUT2D eigenvalue weighted by Crippen LogP contribution is -2.24. The predicted octanol–water partition coefficient (Wildman–Crippen LogP) is 1.13. The number of rotatable bonds is 3. The molecule has 2 aromatic heterocycles. The first-order chi connectivity index (χ1) is 9.65. The summed E-state index contributed by atoms with van der Waals surface area (Å²) in [5, 5.41) is 17.0. The number of hydrogen-bond acceptors (Lipinski definition) is 5. The molecule has 0 aliphatic heterocycles. The maximum absolute atomic E-state index is 12.2. The van der Waals surface area contributed by atoms with E-state index in [9.17, 15) is 9.59 Å². The van der Waals surface area contributed by atoms with Gasteiger partial charge in [-0.15, -0.1) is 5.10 Å². The van der Waals surface area contributed by atoms with Gasteiger partial charge in [-0.25, -0.2) is 9.48 Å². The van der Waals surface area contributed by atoms with E-state index in [1.807, 2.05) is 0 Å². The summed E-state index contributed by atoms with van der Waals surface area (Å²) in [6.07, 6.45) is 0. The average molecular weight is 271 g/mol. The van der Waals surface area contributed by atoms with Crippen LogP contribution in [0.2, 0.25) is 0 Å². The van der Waals surface area contributed by atoms with Crippen molar-refractivity contribution in [1.82, 2.24) is 15.0 Å². The molecule has 0 radical (unpaired) electrons. The van der Waals surface area contributed by atoms with Gasteiger partial charge >= 0.3 is 5.97 Å². The summed E-state index contributed by atoms with van der Waals surface area (Å²) >= 11 is 0. The van der Waals surface area contributed by atoms with Crippen molar-refractivity contribution in [2.75, 3.05) is 0 Å². The highest BCUT2D eigenvalue weighted by Gasteiger charge is 2.11. The molecule has 7 heteroatoms. The van der Waals surface area contributed by atoms with Crippen molar-refractivity contribution >= 4 is 16.9 Å². The van der Waals surface area contributed by atoms with Gasteiger partial charge in [0.25, 0.3) is 5.56 Å². The van der Waals surface area contributed by atoms with Crippen molar-refractivity contribution in [3.8, 4) is 0 Å². The van der Waals surface area contributed by atoms with Crippen molar-refractivity contribution in [3.05, 3.63) is 58.3 Å². The number of carboxylic acid groups (broad SMARTS) is 1. The van der Waals surface area contributed by atoms with Crippen LogP contribution in [0.5, 0.6) is 0 Å². The minimum Gasteiger partial charge on any atom is -0.475 e. The molecule has 7 nitrogen and oxygen atoms in total. The van der Waals surface area contributed by atoms with E-state index in [0.717, 1.165) is 4.68 Å². The Bertz CT molecular complexity index is 850. The van der Waals surface area contributed by atoms with Gasteiger partial charge in [-0.05, 0) is 24.3 Å². The first kappa shape index (κ1) is 12.1. The molecule has 3 rings (SSSR count). The number of furan rings is 1. The van der Waals surface area contributed by atoms with Crippen LogP contribution >= 0.6 is 0 Å². The van der Waals surface area contributed by atoms with Crippen molar-refractivity contribution in [2.45, 2.75) is 6.54 Å². The first-order valence-electron chi connectivity index (χ1n) is 5.80. The summed E-state index contributed by atoms with van der Waals surface area (Å²) in [6, 6.07) is 9.69. The average Bonchev–Trinajstić information content (AvgIpc) is 2.91. The Hall–Kier alpha value is -2.96. The minimum atomic E-state index is -1.16. The van der Waals surface area contributed by atoms with E-state index in [1.165, 1.54) is 12.1 Å². The second kappa shape index (κ2) is 4.61. The maximum atomic E-state index is 12.2. The van der Waals surface area contributed by atoms with E-state index >= 15 is 0 Å². The van der Waals surface area contributed by atoms with Gasteiger partial charge in [0.15, 0.2) is 0 Å². The molecule has 0 aliphatic carbocycles. The SMILES string of the molecule is O=C(O)c1ccc(Cn2nnc3ccccc3c2=O)o1. The molecule has 0 atom stereocenters. The molecule has 0 unspecified atom stereocenters. The highest BCUT2D eigenvalue weighted by atomic mass is 16.4. The van der Waals surface area contributed by atoms with E-state index in [0.29, 0.717) is 16.7 Å². The van der Waals surface area contributed by atoms with Crippen LogP contribution in [-0.4, -0.2) is 26.1 Å². The van der Waals surface area contributed by atoms with Crippen LogP contribution in [0.4, 0.5) is 0 Å². The zero-order valence-electron chi connectivity index (χ0n) is 10.2. The molecule has 0 fully saturated rings. The van der Waals surface area contributed by atoms with Crippen molar-refractivity contribution in [2.24, 2.45) is 0 Å². The van der Waals surface area contributed by atoms with E-state index < -0.39 is 5.97 Å². The molecule has 2 heterocycles. The van der Waals surface area contributed by atoms with Gasteiger partial charge < -0.3 is 9.52 Å².